The maximum atomic E-state index is 8.88. The molecule has 2 nitrogen and oxygen atoms in total. The fraction of sp³-hybridized carbons (Fsp3) is 0. The lowest BCUT2D eigenvalue weighted by Crippen LogP contribution is -1.86. The van der Waals surface area contributed by atoms with Crippen LogP contribution in [0.2, 0.25) is 0 Å². The molecule has 0 spiro atoms. The second-order valence-corrected chi connectivity index (χ2v) is 5.58. The Morgan fingerprint density at radius 1 is 0.750 bits per heavy atom. The monoisotopic (exact) mass is 305 g/mol. The van der Waals surface area contributed by atoms with Gasteiger partial charge in [-0.2, -0.15) is 5.26 Å². The van der Waals surface area contributed by atoms with E-state index in [1.54, 1.807) is 0 Å². The van der Waals surface area contributed by atoms with E-state index in [2.05, 4.69) is 42.5 Å². The second kappa shape index (κ2) is 5.98. The number of rotatable bonds is 2. The van der Waals surface area contributed by atoms with Gasteiger partial charge in [-0.15, -0.1) is 0 Å². The van der Waals surface area contributed by atoms with E-state index >= 15 is 0 Å². The van der Waals surface area contributed by atoms with E-state index in [-0.39, 0.29) is 0 Å². The van der Waals surface area contributed by atoms with Gasteiger partial charge in [0.15, 0.2) is 0 Å². The zero-order chi connectivity index (χ0) is 16.4. The van der Waals surface area contributed by atoms with Crippen LogP contribution in [0.25, 0.3) is 33.3 Å². The zero-order valence-corrected chi connectivity index (χ0v) is 12.9. The molecule has 24 heavy (non-hydrogen) atoms. The van der Waals surface area contributed by atoms with E-state index in [4.69, 9.17) is 10.2 Å². The molecule has 0 bridgehead atoms. The highest BCUT2D eigenvalue weighted by atomic mass is 14.7. The average molecular weight is 305 g/mol. The van der Waals surface area contributed by atoms with Crippen LogP contribution in [0, 0.1) is 17.4 Å². The minimum atomic E-state index is 0.674. The van der Waals surface area contributed by atoms with Gasteiger partial charge in [0.1, 0.15) is 0 Å². The molecule has 0 aliphatic carbocycles. The van der Waals surface area contributed by atoms with Crippen molar-refractivity contribution in [2.75, 3.05) is 0 Å². The fourth-order valence-electron chi connectivity index (χ4n) is 2.74. The molecule has 0 saturated heterocycles. The lowest BCUT2D eigenvalue weighted by molar-refractivity contribution is 1.40. The smallest absolute Gasteiger partial charge is 0.0991 e. The molecular formula is C22H13N2. The molecule has 2 heteroatoms. The van der Waals surface area contributed by atoms with Crippen molar-refractivity contribution in [1.82, 2.24) is 4.98 Å². The summed E-state index contributed by atoms with van der Waals surface area (Å²) in [6.07, 6.45) is 0. The number of hydrogen-bond acceptors (Lipinski definition) is 2. The van der Waals surface area contributed by atoms with E-state index in [1.807, 2.05) is 48.5 Å². The minimum Gasteiger partial charge on any atom is -0.248 e. The van der Waals surface area contributed by atoms with Crippen molar-refractivity contribution in [2.45, 2.75) is 0 Å². The molecule has 0 unspecified atom stereocenters. The molecule has 3 aromatic carbocycles. The molecule has 1 heterocycles. The van der Waals surface area contributed by atoms with Crippen LogP contribution in [-0.4, -0.2) is 4.98 Å². The third-order valence-corrected chi connectivity index (χ3v) is 4.06. The molecule has 4 rings (SSSR count). The van der Waals surface area contributed by atoms with Crippen LogP contribution in [0.5, 0.6) is 0 Å². The molecular weight excluding hydrogens is 292 g/mol. The van der Waals surface area contributed by atoms with Crippen molar-refractivity contribution in [3.63, 3.8) is 0 Å². The summed E-state index contributed by atoms with van der Waals surface area (Å²) in [5, 5.41) is 9.97. The number of nitrogens with zero attached hydrogens (tertiary/aromatic N) is 2. The Labute approximate surface area is 140 Å². The average Bonchev–Trinajstić information content (AvgIpc) is 2.68. The van der Waals surface area contributed by atoms with Crippen LogP contribution in [0.15, 0.2) is 78.9 Å². The van der Waals surface area contributed by atoms with E-state index in [1.165, 1.54) is 0 Å². The van der Waals surface area contributed by atoms with Crippen LogP contribution in [0.4, 0.5) is 0 Å². The lowest BCUT2D eigenvalue weighted by Gasteiger charge is -2.06. The van der Waals surface area contributed by atoms with Crippen LogP contribution < -0.4 is 0 Å². The van der Waals surface area contributed by atoms with Gasteiger partial charge in [0.25, 0.3) is 0 Å². The second-order valence-electron chi connectivity index (χ2n) is 5.58. The topological polar surface area (TPSA) is 36.7 Å². The first-order valence-corrected chi connectivity index (χ1v) is 7.71. The lowest BCUT2D eigenvalue weighted by atomic mass is 10.0. The number of pyridine rings is 1. The summed E-state index contributed by atoms with van der Waals surface area (Å²) < 4.78 is 0. The normalized spacial score (nSPS) is 10.5. The predicted molar refractivity (Wildman–Crippen MR) is 96.2 cm³/mol. The fourth-order valence-corrected chi connectivity index (χ4v) is 2.74. The molecule has 4 aromatic rings. The first kappa shape index (κ1) is 14.2. The first-order valence-electron chi connectivity index (χ1n) is 7.71. The predicted octanol–water partition coefficient (Wildman–Crippen LogP) is 5.24. The van der Waals surface area contributed by atoms with Gasteiger partial charge in [-0.3, -0.25) is 0 Å². The van der Waals surface area contributed by atoms with Crippen molar-refractivity contribution in [2.24, 2.45) is 0 Å². The van der Waals surface area contributed by atoms with Gasteiger partial charge in [-0.1, -0.05) is 48.5 Å². The summed E-state index contributed by atoms with van der Waals surface area (Å²) in [6.45, 7) is 0. The summed E-state index contributed by atoms with van der Waals surface area (Å²) >= 11 is 0. The van der Waals surface area contributed by atoms with Crippen molar-refractivity contribution >= 4 is 10.9 Å². The molecule has 0 aliphatic heterocycles. The van der Waals surface area contributed by atoms with Gasteiger partial charge in [-0.05, 0) is 47.5 Å². The molecule has 111 valence electrons. The molecule has 0 saturated carbocycles. The van der Waals surface area contributed by atoms with E-state index in [9.17, 15) is 0 Å². The van der Waals surface area contributed by atoms with Crippen LogP contribution in [-0.2, 0) is 0 Å². The number of nitriles is 1. The Bertz CT molecular complexity index is 1040. The summed E-state index contributed by atoms with van der Waals surface area (Å²) in [6, 6.07) is 31.1. The minimum absolute atomic E-state index is 0.674. The van der Waals surface area contributed by atoms with Crippen molar-refractivity contribution < 1.29 is 0 Å². The Hall–Kier alpha value is -3.44. The maximum absolute atomic E-state index is 8.88. The third-order valence-electron chi connectivity index (χ3n) is 4.06. The highest BCUT2D eigenvalue weighted by Crippen LogP contribution is 2.25. The summed E-state index contributed by atoms with van der Waals surface area (Å²) in [5.41, 5.74) is 5.92. The quantitative estimate of drug-likeness (QED) is 0.508. The molecule has 1 radical (unpaired) electrons. The zero-order valence-electron chi connectivity index (χ0n) is 12.9. The SMILES string of the molecule is N#Cc1ccc(-c2ccc(-c3ccc4c[c]ccc4n3)cc2)cc1. The van der Waals surface area contributed by atoms with Crippen molar-refractivity contribution in [3.8, 4) is 28.5 Å². The van der Waals surface area contributed by atoms with Gasteiger partial charge < -0.3 is 0 Å². The molecule has 0 amide bonds. The van der Waals surface area contributed by atoms with Gasteiger partial charge in [0, 0.05) is 10.9 Å². The van der Waals surface area contributed by atoms with Gasteiger partial charge in [0.2, 0.25) is 0 Å². The van der Waals surface area contributed by atoms with Gasteiger partial charge >= 0.3 is 0 Å². The number of benzene rings is 3. The Morgan fingerprint density at radius 2 is 1.42 bits per heavy atom. The molecule has 0 aliphatic rings. The molecule has 0 fully saturated rings. The van der Waals surface area contributed by atoms with Crippen molar-refractivity contribution in [1.29, 1.82) is 5.26 Å². The first-order chi connectivity index (χ1) is 11.8. The summed E-state index contributed by atoms with van der Waals surface area (Å²) in [7, 11) is 0. The molecule has 1 aromatic heterocycles. The maximum Gasteiger partial charge on any atom is 0.0991 e. The Morgan fingerprint density at radius 3 is 2.12 bits per heavy atom. The Kier molecular flexibility index (Phi) is 3.53. The largest absolute Gasteiger partial charge is 0.248 e. The molecule has 0 atom stereocenters. The standard InChI is InChI=1S/C22H13N2/c23-15-16-5-7-17(8-6-16)18-9-11-20(12-10-18)22-14-13-19-3-1-2-4-21(19)24-22/h2-14H. The van der Waals surface area contributed by atoms with Crippen molar-refractivity contribution in [3.05, 3.63) is 90.5 Å². The number of aromatic nitrogens is 1. The van der Waals surface area contributed by atoms with E-state index in [0.717, 1.165) is 33.3 Å². The van der Waals surface area contributed by atoms with E-state index in [0.29, 0.717) is 5.56 Å². The highest BCUT2D eigenvalue weighted by Gasteiger charge is 2.03. The Balaban J connectivity index is 1.68. The highest BCUT2D eigenvalue weighted by molar-refractivity contribution is 5.81. The molecule has 0 N–H and O–H groups in total. The van der Waals surface area contributed by atoms with Gasteiger partial charge in [0.05, 0.1) is 22.8 Å². The summed E-state index contributed by atoms with van der Waals surface area (Å²) in [5.74, 6) is 0. The van der Waals surface area contributed by atoms with Crippen LogP contribution >= 0.6 is 0 Å². The van der Waals surface area contributed by atoms with Crippen LogP contribution in [0.1, 0.15) is 5.56 Å². The van der Waals surface area contributed by atoms with E-state index < -0.39 is 0 Å². The summed E-state index contributed by atoms with van der Waals surface area (Å²) in [4.78, 5) is 4.71. The van der Waals surface area contributed by atoms with Gasteiger partial charge in [-0.25, -0.2) is 4.98 Å². The number of hydrogen-bond donors (Lipinski definition) is 0. The van der Waals surface area contributed by atoms with Crippen LogP contribution in [0.3, 0.4) is 0 Å². The third kappa shape index (κ3) is 2.64. The number of fused-ring (bicyclic) bond motifs is 1.